The van der Waals surface area contributed by atoms with Gasteiger partial charge in [-0.15, -0.1) is 0 Å². The van der Waals surface area contributed by atoms with Crippen molar-refractivity contribution >= 4 is 11.6 Å². The zero-order valence-electron chi connectivity index (χ0n) is 12.0. The monoisotopic (exact) mass is 270 g/mol. The van der Waals surface area contributed by atoms with E-state index in [4.69, 9.17) is 5.73 Å². The van der Waals surface area contributed by atoms with Crippen LogP contribution in [0.5, 0.6) is 0 Å². The van der Waals surface area contributed by atoms with E-state index in [0.29, 0.717) is 6.54 Å². The van der Waals surface area contributed by atoms with Gasteiger partial charge in [0.05, 0.1) is 6.54 Å². The van der Waals surface area contributed by atoms with Crippen LogP contribution in [0, 0.1) is 17.3 Å². The van der Waals surface area contributed by atoms with Gasteiger partial charge in [-0.2, -0.15) is 0 Å². The van der Waals surface area contributed by atoms with E-state index in [1.807, 2.05) is 24.3 Å². The van der Waals surface area contributed by atoms with Gasteiger partial charge in [0.25, 0.3) is 0 Å². The summed E-state index contributed by atoms with van der Waals surface area (Å²) in [7, 11) is 0. The van der Waals surface area contributed by atoms with Crippen LogP contribution in [0.15, 0.2) is 24.3 Å². The smallest absolute Gasteiger partial charge is 0.230 e. The Labute approximate surface area is 120 Å². The summed E-state index contributed by atoms with van der Waals surface area (Å²) in [4.78, 5) is 12.5. The molecule has 3 heteroatoms. The summed E-state index contributed by atoms with van der Waals surface area (Å²) in [6.07, 6.45) is 5.22. The van der Waals surface area contributed by atoms with Crippen LogP contribution in [0.4, 0.5) is 5.69 Å². The molecule has 1 aliphatic carbocycles. The van der Waals surface area contributed by atoms with E-state index >= 15 is 0 Å². The molecule has 2 rings (SSSR count). The number of carbonyl (C=O) groups is 1. The SMILES string of the molecule is CCC1(C(=O)Nc2cccc(C#CCN)c2)CCCC1. The predicted molar refractivity (Wildman–Crippen MR) is 82.2 cm³/mol. The highest BCUT2D eigenvalue weighted by molar-refractivity contribution is 5.95. The molecule has 20 heavy (non-hydrogen) atoms. The van der Waals surface area contributed by atoms with Gasteiger partial charge in [-0.05, 0) is 37.5 Å². The second kappa shape index (κ2) is 6.58. The Morgan fingerprint density at radius 2 is 2.15 bits per heavy atom. The van der Waals surface area contributed by atoms with Gasteiger partial charge in [0.15, 0.2) is 0 Å². The van der Waals surface area contributed by atoms with Gasteiger partial charge in [-0.25, -0.2) is 0 Å². The lowest BCUT2D eigenvalue weighted by molar-refractivity contribution is -0.125. The third-order valence-corrected chi connectivity index (χ3v) is 4.17. The molecule has 0 aromatic heterocycles. The second-order valence-electron chi connectivity index (χ2n) is 5.38. The van der Waals surface area contributed by atoms with Crippen molar-refractivity contribution in [1.29, 1.82) is 0 Å². The number of carbonyl (C=O) groups excluding carboxylic acids is 1. The fourth-order valence-corrected chi connectivity index (χ4v) is 2.88. The van der Waals surface area contributed by atoms with Crippen LogP contribution in [-0.2, 0) is 4.79 Å². The fraction of sp³-hybridized carbons (Fsp3) is 0.471. The molecule has 0 unspecified atom stereocenters. The number of amides is 1. The highest BCUT2D eigenvalue weighted by atomic mass is 16.2. The normalized spacial score (nSPS) is 16.3. The molecule has 1 amide bonds. The number of hydrogen-bond donors (Lipinski definition) is 2. The fourth-order valence-electron chi connectivity index (χ4n) is 2.88. The van der Waals surface area contributed by atoms with Gasteiger partial charge < -0.3 is 11.1 Å². The Balaban J connectivity index is 2.11. The minimum absolute atomic E-state index is 0.154. The van der Waals surface area contributed by atoms with Crippen molar-refractivity contribution in [3.8, 4) is 11.8 Å². The van der Waals surface area contributed by atoms with Gasteiger partial charge in [-0.1, -0.05) is 37.7 Å². The zero-order chi connectivity index (χ0) is 14.4. The molecule has 1 saturated carbocycles. The first-order valence-electron chi connectivity index (χ1n) is 7.31. The molecule has 0 radical (unpaired) electrons. The molecular formula is C17H22N2O. The first-order chi connectivity index (χ1) is 9.70. The van der Waals surface area contributed by atoms with Crippen molar-refractivity contribution in [1.82, 2.24) is 0 Å². The van der Waals surface area contributed by atoms with E-state index in [1.165, 1.54) is 0 Å². The molecule has 3 nitrogen and oxygen atoms in total. The highest BCUT2D eigenvalue weighted by Crippen LogP contribution is 2.41. The summed E-state index contributed by atoms with van der Waals surface area (Å²) in [5, 5.41) is 3.05. The van der Waals surface area contributed by atoms with E-state index < -0.39 is 0 Å². The standard InChI is InChI=1S/C17H22N2O/c1-2-17(10-3-4-11-17)16(20)19-15-9-5-7-14(13-15)8-6-12-18/h5,7,9,13H,2-4,10-12,18H2,1H3,(H,19,20). The summed E-state index contributed by atoms with van der Waals surface area (Å²) in [5.74, 6) is 5.96. The molecule has 1 fully saturated rings. The van der Waals surface area contributed by atoms with Gasteiger partial charge in [0, 0.05) is 16.7 Å². The Hall–Kier alpha value is -1.79. The third-order valence-electron chi connectivity index (χ3n) is 4.17. The van der Waals surface area contributed by atoms with Crippen molar-refractivity contribution in [2.75, 3.05) is 11.9 Å². The van der Waals surface area contributed by atoms with Crippen LogP contribution in [0.1, 0.15) is 44.6 Å². The molecule has 0 heterocycles. The summed E-state index contributed by atoms with van der Waals surface area (Å²) < 4.78 is 0. The third kappa shape index (κ3) is 3.20. The van der Waals surface area contributed by atoms with Crippen molar-refractivity contribution < 1.29 is 4.79 Å². The largest absolute Gasteiger partial charge is 0.326 e. The second-order valence-corrected chi connectivity index (χ2v) is 5.38. The molecule has 1 aromatic carbocycles. The maximum atomic E-state index is 12.5. The van der Waals surface area contributed by atoms with Crippen molar-refractivity contribution in [3.63, 3.8) is 0 Å². The van der Waals surface area contributed by atoms with Crippen LogP contribution < -0.4 is 11.1 Å². The van der Waals surface area contributed by atoms with Crippen molar-refractivity contribution in [2.45, 2.75) is 39.0 Å². The van der Waals surface area contributed by atoms with Crippen LogP contribution in [0.2, 0.25) is 0 Å². The first kappa shape index (κ1) is 14.6. The van der Waals surface area contributed by atoms with Gasteiger partial charge >= 0.3 is 0 Å². The summed E-state index contributed by atoms with van der Waals surface area (Å²) in [6, 6.07) is 7.63. The van der Waals surface area contributed by atoms with Gasteiger partial charge in [0.1, 0.15) is 0 Å². The molecule has 1 aliphatic rings. The van der Waals surface area contributed by atoms with Crippen molar-refractivity contribution in [3.05, 3.63) is 29.8 Å². The molecule has 3 N–H and O–H groups in total. The Bertz CT molecular complexity index is 533. The Morgan fingerprint density at radius 1 is 1.40 bits per heavy atom. The molecule has 0 aliphatic heterocycles. The minimum atomic E-state index is -0.168. The number of nitrogens with one attached hydrogen (secondary N) is 1. The average molecular weight is 270 g/mol. The molecule has 0 bridgehead atoms. The summed E-state index contributed by atoms with van der Waals surface area (Å²) in [5.41, 5.74) is 6.90. The van der Waals surface area contributed by atoms with Gasteiger partial charge in [-0.3, -0.25) is 4.79 Å². The van der Waals surface area contributed by atoms with Gasteiger partial charge in [0.2, 0.25) is 5.91 Å². The number of hydrogen-bond acceptors (Lipinski definition) is 2. The number of benzene rings is 1. The molecule has 0 saturated heterocycles. The van der Waals surface area contributed by atoms with E-state index in [2.05, 4.69) is 24.1 Å². The Kier molecular flexibility index (Phi) is 4.81. The molecule has 1 aromatic rings. The summed E-state index contributed by atoms with van der Waals surface area (Å²) >= 11 is 0. The highest BCUT2D eigenvalue weighted by Gasteiger charge is 2.39. The zero-order valence-corrected chi connectivity index (χ0v) is 12.0. The van der Waals surface area contributed by atoms with E-state index in [1.54, 1.807) is 0 Å². The van der Waals surface area contributed by atoms with Crippen LogP contribution in [0.3, 0.4) is 0 Å². The number of anilines is 1. The van der Waals surface area contributed by atoms with Crippen molar-refractivity contribution in [2.24, 2.45) is 11.1 Å². The molecule has 106 valence electrons. The molecular weight excluding hydrogens is 248 g/mol. The lowest BCUT2D eigenvalue weighted by Crippen LogP contribution is -2.33. The topological polar surface area (TPSA) is 55.1 Å². The first-order valence-corrected chi connectivity index (χ1v) is 7.31. The van der Waals surface area contributed by atoms with Crippen LogP contribution >= 0.6 is 0 Å². The molecule has 0 spiro atoms. The maximum absolute atomic E-state index is 12.5. The maximum Gasteiger partial charge on any atom is 0.230 e. The summed E-state index contributed by atoms with van der Waals surface area (Å²) in [6.45, 7) is 2.45. The predicted octanol–water partition coefficient (Wildman–Crippen LogP) is 2.91. The minimum Gasteiger partial charge on any atom is -0.326 e. The molecule has 0 atom stereocenters. The van der Waals surface area contributed by atoms with Crippen LogP contribution in [-0.4, -0.2) is 12.5 Å². The van der Waals surface area contributed by atoms with E-state index in [0.717, 1.165) is 43.4 Å². The average Bonchev–Trinajstić information content (AvgIpc) is 2.95. The number of rotatable bonds is 3. The lowest BCUT2D eigenvalue weighted by atomic mass is 9.82. The van der Waals surface area contributed by atoms with Crippen LogP contribution in [0.25, 0.3) is 0 Å². The Morgan fingerprint density at radius 3 is 2.80 bits per heavy atom. The number of nitrogens with two attached hydrogens (primary N) is 1. The van der Waals surface area contributed by atoms with E-state index in [9.17, 15) is 4.79 Å². The quantitative estimate of drug-likeness (QED) is 0.830. The van der Waals surface area contributed by atoms with E-state index in [-0.39, 0.29) is 11.3 Å². The lowest BCUT2D eigenvalue weighted by Gasteiger charge is -2.26.